The number of rotatable bonds is 5. The molecule has 1 heterocycles. The van der Waals surface area contributed by atoms with Gasteiger partial charge in [-0.15, -0.1) is 0 Å². The summed E-state index contributed by atoms with van der Waals surface area (Å²) in [5.41, 5.74) is 0. The number of carbonyl (C=O) groups is 1. The highest BCUT2D eigenvalue weighted by Crippen LogP contribution is 2.09. The highest BCUT2D eigenvalue weighted by Gasteiger charge is 2.25. The first-order valence-electron chi connectivity index (χ1n) is 5.81. The summed E-state index contributed by atoms with van der Waals surface area (Å²) < 4.78 is 0. The summed E-state index contributed by atoms with van der Waals surface area (Å²) in [6.07, 6.45) is 4.27. The van der Waals surface area contributed by atoms with E-state index in [1.807, 2.05) is 4.90 Å². The maximum Gasteiger partial charge on any atom is 0.239 e. The zero-order valence-electron chi connectivity index (χ0n) is 9.38. The molecule has 1 rings (SSSR count). The largest absolute Gasteiger partial charge is 0.341 e. The molecule has 0 radical (unpaired) electrons. The molecule has 0 saturated carbocycles. The number of carbonyl (C=O) groups excluding carboxylic acids is 1. The number of hydrogen-bond acceptors (Lipinski definition) is 2. The van der Waals surface area contributed by atoms with Crippen molar-refractivity contribution in [2.45, 2.75) is 45.6 Å². The van der Waals surface area contributed by atoms with Crippen molar-refractivity contribution >= 4 is 5.91 Å². The molecule has 1 fully saturated rings. The van der Waals surface area contributed by atoms with Gasteiger partial charge in [0.2, 0.25) is 5.91 Å². The second kappa shape index (κ2) is 6.02. The van der Waals surface area contributed by atoms with Crippen LogP contribution in [0.25, 0.3) is 0 Å². The fourth-order valence-electron chi connectivity index (χ4n) is 1.99. The number of amides is 1. The zero-order chi connectivity index (χ0) is 10.4. The average molecular weight is 198 g/mol. The van der Waals surface area contributed by atoms with E-state index in [9.17, 15) is 4.79 Å². The van der Waals surface area contributed by atoms with Gasteiger partial charge in [0.15, 0.2) is 0 Å². The molecule has 0 aromatic carbocycles. The van der Waals surface area contributed by atoms with Gasteiger partial charge in [-0.05, 0) is 32.2 Å². The Hall–Kier alpha value is -0.570. The van der Waals surface area contributed by atoms with Crippen LogP contribution in [0.15, 0.2) is 0 Å². The number of nitrogens with one attached hydrogen (secondary N) is 1. The van der Waals surface area contributed by atoms with Crippen LogP contribution in [0, 0.1) is 0 Å². The minimum absolute atomic E-state index is 0.105. The predicted molar refractivity (Wildman–Crippen MR) is 58.2 cm³/mol. The van der Waals surface area contributed by atoms with Gasteiger partial charge < -0.3 is 10.2 Å². The summed E-state index contributed by atoms with van der Waals surface area (Å²) in [7, 11) is 0. The lowest BCUT2D eigenvalue weighted by molar-refractivity contribution is -0.133. The first-order valence-corrected chi connectivity index (χ1v) is 5.81. The van der Waals surface area contributed by atoms with E-state index in [0.717, 1.165) is 45.3 Å². The second-order valence-corrected chi connectivity index (χ2v) is 3.97. The van der Waals surface area contributed by atoms with Crippen LogP contribution < -0.4 is 5.32 Å². The summed E-state index contributed by atoms with van der Waals surface area (Å²) >= 11 is 0. The molecule has 1 aliphatic heterocycles. The molecule has 0 unspecified atom stereocenters. The van der Waals surface area contributed by atoms with Crippen molar-refractivity contribution in [3.05, 3.63) is 0 Å². The average Bonchev–Trinajstić information content (AvgIpc) is 2.69. The molecule has 1 amide bonds. The third-order valence-corrected chi connectivity index (χ3v) is 2.66. The highest BCUT2D eigenvalue weighted by molar-refractivity contribution is 5.82. The van der Waals surface area contributed by atoms with Crippen molar-refractivity contribution in [1.82, 2.24) is 10.2 Å². The van der Waals surface area contributed by atoms with Gasteiger partial charge in [-0.3, -0.25) is 4.79 Å². The maximum atomic E-state index is 12.0. The summed E-state index contributed by atoms with van der Waals surface area (Å²) in [4.78, 5) is 14.0. The molecule has 0 bridgehead atoms. The van der Waals surface area contributed by atoms with Crippen molar-refractivity contribution in [3.63, 3.8) is 0 Å². The highest BCUT2D eigenvalue weighted by atomic mass is 16.2. The van der Waals surface area contributed by atoms with Crippen LogP contribution in [-0.2, 0) is 4.79 Å². The van der Waals surface area contributed by atoms with E-state index in [-0.39, 0.29) is 6.04 Å². The van der Waals surface area contributed by atoms with Gasteiger partial charge in [-0.1, -0.05) is 13.8 Å². The Bertz CT molecular complexity index is 170. The Balaban J connectivity index is 2.43. The van der Waals surface area contributed by atoms with Crippen molar-refractivity contribution in [2.75, 3.05) is 19.6 Å². The van der Waals surface area contributed by atoms with Crippen molar-refractivity contribution in [2.24, 2.45) is 0 Å². The topological polar surface area (TPSA) is 32.3 Å². The molecule has 1 N–H and O–H groups in total. The molecule has 0 aliphatic carbocycles. The molecular weight excluding hydrogens is 176 g/mol. The Morgan fingerprint density at radius 1 is 1.36 bits per heavy atom. The van der Waals surface area contributed by atoms with Crippen LogP contribution in [0.5, 0.6) is 0 Å². The molecule has 14 heavy (non-hydrogen) atoms. The Morgan fingerprint density at radius 2 is 2.00 bits per heavy atom. The smallest absolute Gasteiger partial charge is 0.239 e. The monoisotopic (exact) mass is 198 g/mol. The van der Waals surface area contributed by atoms with Crippen LogP contribution in [-0.4, -0.2) is 36.5 Å². The third-order valence-electron chi connectivity index (χ3n) is 2.66. The normalized spacial score (nSPS) is 21.1. The van der Waals surface area contributed by atoms with Gasteiger partial charge in [0, 0.05) is 13.1 Å². The summed E-state index contributed by atoms with van der Waals surface area (Å²) in [6.45, 7) is 7.06. The van der Waals surface area contributed by atoms with Gasteiger partial charge in [-0.25, -0.2) is 0 Å². The van der Waals surface area contributed by atoms with E-state index in [2.05, 4.69) is 19.2 Å². The first-order chi connectivity index (χ1) is 6.79. The lowest BCUT2D eigenvalue weighted by atomic mass is 10.2. The molecule has 82 valence electrons. The van der Waals surface area contributed by atoms with Crippen LogP contribution in [0.4, 0.5) is 0 Å². The molecule has 3 nitrogen and oxygen atoms in total. The lowest BCUT2D eigenvalue weighted by Crippen LogP contribution is -2.44. The van der Waals surface area contributed by atoms with E-state index in [1.54, 1.807) is 0 Å². The second-order valence-electron chi connectivity index (χ2n) is 3.97. The summed E-state index contributed by atoms with van der Waals surface area (Å²) in [5.74, 6) is 0.311. The van der Waals surface area contributed by atoms with Crippen LogP contribution in [0.1, 0.15) is 39.5 Å². The molecule has 3 heteroatoms. The SMILES string of the molecule is CCCN(CCC)C(=O)[C@@H]1CCCN1. The molecule has 1 atom stereocenters. The number of nitrogens with zero attached hydrogens (tertiary/aromatic N) is 1. The molecule has 0 spiro atoms. The fourth-order valence-corrected chi connectivity index (χ4v) is 1.99. The van der Waals surface area contributed by atoms with Gasteiger partial charge in [0.25, 0.3) is 0 Å². The van der Waals surface area contributed by atoms with Crippen molar-refractivity contribution in [1.29, 1.82) is 0 Å². The molecule has 1 aliphatic rings. The van der Waals surface area contributed by atoms with E-state index in [4.69, 9.17) is 0 Å². The van der Waals surface area contributed by atoms with Gasteiger partial charge in [-0.2, -0.15) is 0 Å². The fraction of sp³-hybridized carbons (Fsp3) is 0.909. The predicted octanol–water partition coefficient (Wildman–Crippen LogP) is 1.39. The van der Waals surface area contributed by atoms with E-state index in [1.165, 1.54) is 0 Å². The Morgan fingerprint density at radius 3 is 2.43 bits per heavy atom. The Labute approximate surface area is 86.9 Å². The van der Waals surface area contributed by atoms with Crippen molar-refractivity contribution < 1.29 is 4.79 Å². The molecule has 0 aromatic rings. The summed E-state index contributed by atoms with van der Waals surface area (Å²) in [5, 5.41) is 3.26. The minimum Gasteiger partial charge on any atom is -0.341 e. The molecular formula is C11H22N2O. The van der Waals surface area contributed by atoms with Crippen LogP contribution in [0.3, 0.4) is 0 Å². The van der Waals surface area contributed by atoms with E-state index < -0.39 is 0 Å². The Kier molecular flexibility index (Phi) is 4.94. The van der Waals surface area contributed by atoms with Gasteiger partial charge >= 0.3 is 0 Å². The number of hydrogen-bond donors (Lipinski definition) is 1. The quantitative estimate of drug-likeness (QED) is 0.724. The summed E-state index contributed by atoms with van der Waals surface area (Å²) in [6, 6.07) is 0.105. The van der Waals surface area contributed by atoms with E-state index >= 15 is 0 Å². The third kappa shape index (κ3) is 2.98. The zero-order valence-corrected chi connectivity index (χ0v) is 9.38. The maximum absolute atomic E-state index is 12.0. The van der Waals surface area contributed by atoms with Crippen LogP contribution in [0.2, 0.25) is 0 Å². The molecule has 0 aromatic heterocycles. The van der Waals surface area contributed by atoms with Gasteiger partial charge in [0.1, 0.15) is 0 Å². The minimum atomic E-state index is 0.105. The van der Waals surface area contributed by atoms with Gasteiger partial charge in [0.05, 0.1) is 6.04 Å². The van der Waals surface area contributed by atoms with E-state index in [0.29, 0.717) is 5.91 Å². The van der Waals surface area contributed by atoms with Crippen molar-refractivity contribution in [3.8, 4) is 0 Å². The first kappa shape index (κ1) is 11.5. The molecule has 1 saturated heterocycles. The lowest BCUT2D eigenvalue weighted by Gasteiger charge is -2.24. The standard InChI is InChI=1S/C11H22N2O/c1-3-8-13(9-4-2)11(14)10-6-5-7-12-10/h10,12H,3-9H2,1-2H3/t10-/m0/s1. The van der Waals surface area contributed by atoms with Crippen LogP contribution >= 0.6 is 0 Å².